The minimum absolute atomic E-state index is 0.0212. The van der Waals surface area contributed by atoms with Gasteiger partial charge in [-0.2, -0.15) is 10.5 Å². The highest BCUT2D eigenvalue weighted by Gasteiger charge is 2.20. The number of nitriles is 2. The Balaban J connectivity index is 2.59. The Kier molecular flexibility index (Phi) is 4.01. The smallest absolute Gasteiger partial charge is 0.419 e. The third-order valence-corrected chi connectivity index (χ3v) is 2.87. The van der Waals surface area contributed by atoms with Crippen LogP contribution in [0.5, 0.6) is 0 Å². The fraction of sp³-hybridized carbons (Fsp3) is 0.235. The van der Waals surface area contributed by atoms with Crippen molar-refractivity contribution < 1.29 is 9.53 Å². The Morgan fingerprint density at radius 3 is 2.45 bits per heavy atom. The molecule has 0 amide bonds. The molecule has 5 heteroatoms. The van der Waals surface area contributed by atoms with E-state index in [9.17, 15) is 4.79 Å². The van der Waals surface area contributed by atoms with Gasteiger partial charge in [0.2, 0.25) is 0 Å². The van der Waals surface area contributed by atoms with Crippen LogP contribution in [0.25, 0.3) is 17.0 Å². The van der Waals surface area contributed by atoms with Gasteiger partial charge >= 0.3 is 6.09 Å². The van der Waals surface area contributed by atoms with Crippen LogP contribution in [0, 0.1) is 22.7 Å². The van der Waals surface area contributed by atoms with Gasteiger partial charge in [0.05, 0.1) is 5.52 Å². The molecule has 0 unspecified atom stereocenters. The zero-order chi connectivity index (χ0) is 16.3. The van der Waals surface area contributed by atoms with Crippen molar-refractivity contribution in [2.24, 2.45) is 0 Å². The molecule has 0 fully saturated rings. The molecule has 2 rings (SSSR count). The normalized spacial score (nSPS) is 10.6. The lowest BCUT2D eigenvalue weighted by molar-refractivity contribution is 0.0544. The number of carbonyl (C=O) groups is 1. The molecule has 0 bridgehead atoms. The van der Waals surface area contributed by atoms with E-state index >= 15 is 0 Å². The van der Waals surface area contributed by atoms with E-state index in [0.29, 0.717) is 11.1 Å². The van der Waals surface area contributed by atoms with Gasteiger partial charge in [0.1, 0.15) is 23.3 Å². The van der Waals surface area contributed by atoms with Crippen molar-refractivity contribution in [3.63, 3.8) is 0 Å². The Labute approximate surface area is 128 Å². The van der Waals surface area contributed by atoms with Crippen molar-refractivity contribution in [2.75, 3.05) is 0 Å². The second-order valence-corrected chi connectivity index (χ2v) is 5.73. The fourth-order valence-electron chi connectivity index (χ4n) is 2.03. The largest absolute Gasteiger partial charge is 0.443 e. The van der Waals surface area contributed by atoms with Gasteiger partial charge in [0, 0.05) is 17.1 Å². The molecule has 0 spiro atoms. The maximum atomic E-state index is 12.3. The number of hydrogen-bond donors (Lipinski definition) is 0. The Morgan fingerprint density at radius 2 is 1.86 bits per heavy atom. The number of rotatable bonds is 1. The van der Waals surface area contributed by atoms with Gasteiger partial charge in [-0.15, -0.1) is 0 Å². The summed E-state index contributed by atoms with van der Waals surface area (Å²) in [5, 5.41) is 18.6. The molecule has 0 N–H and O–H groups in total. The van der Waals surface area contributed by atoms with Crippen molar-refractivity contribution in [1.29, 1.82) is 10.5 Å². The molecule has 0 saturated heterocycles. The summed E-state index contributed by atoms with van der Waals surface area (Å²) in [5.74, 6) is 0. The third-order valence-electron chi connectivity index (χ3n) is 2.87. The number of para-hydroxylation sites is 1. The Hall–Kier alpha value is -3.05. The third kappa shape index (κ3) is 3.16. The fourth-order valence-corrected chi connectivity index (χ4v) is 2.03. The van der Waals surface area contributed by atoms with Crippen LogP contribution in [0.3, 0.4) is 0 Å². The van der Waals surface area contributed by atoms with Crippen LogP contribution < -0.4 is 0 Å². The molecule has 0 aliphatic carbocycles. The van der Waals surface area contributed by atoms with Crippen molar-refractivity contribution in [3.05, 3.63) is 41.6 Å². The predicted molar refractivity (Wildman–Crippen MR) is 82.8 cm³/mol. The van der Waals surface area contributed by atoms with Crippen molar-refractivity contribution in [2.45, 2.75) is 26.4 Å². The summed E-state index contributed by atoms with van der Waals surface area (Å²) in [6.45, 7) is 5.38. The zero-order valence-corrected chi connectivity index (χ0v) is 12.6. The van der Waals surface area contributed by atoms with Gasteiger partial charge in [0.15, 0.2) is 0 Å². The van der Waals surface area contributed by atoms with Crippen LogP contribution in [0.4, 0.5) is 4.79 Å². The minimum Gasteiger partial charge on any atom is -0.443 e. The number of nitrogens with zero attached hydrogens (tertiary/aromatic N) is 3. The molecule has 5 nitrogen and oxygen atoms in total. The van der Waals surface area contributed by atoms with Gasteiger partial charge in [-0.05, 0) is 32.9 Å². The lowest BCUT2D eigenvalue weighted by Crippen LogP contribution is -2.26. The lowest BCUT2D eigenvalue weighted by atomic mass is 10.1. The standard InChI is InChI=1S/C17H15N3O2/c1-17(2,3)22-16(21)20-11-13(8-12(9-18)10-19)14-6-4-5-7-15(14)20/h4-8,11H,1-3H3. The van der Waals surface area contributed by atoms with Gasteiger partial charge < -0.3 is 4.74 Å². The number of benzene rings is 1. The molecule has 0 saturated carbocycles. The van der Waals surface area contributed by atoms with E-state index in [0.717, 1.165) is 5.39 Å². The summed E-state index contributed by atoms with van der Waals surface area (Å²) in [7, 11) is 0. The summed E-state index contributed by atoms with van der Waals surface area (Å²) in [6.07, 6.45) is 2.54. The summed E-state index contributed by atoms with van der Waals surface area (Å²) in [5.41, 5.74) is 0.660. The van der Waals surface area contributed by atoms with Crippen LogP contribution in [0.15, 0.2) is 36.0 Å². The molecule has 1 aromatic heterocycles. The Morgan fingerprint density at radius 1 is 1.23 bits per heavy atom. The number of carbonyl (C=O) groups excluding carboxylic acids is 1. The number of fused-ring (bicyclic) bond motifs is 1. The number of hydrogen-bond acceptors (Lipinski definition) is 4. The van der Waals surface area contributed by atoms with Gasteiger partial charge in [-0.3, -0.25) is 4.57 Å². The van der Waals surface area contributed by atoms with Gasteiger partial charge in [0.25, 0.3) is 0 Å². The second-order valence-electron chi connectivity index (χ2n) is 5.73. The van der Waals surface area contributed by atoms with E-state index in [2.05, 4.69) is 0 Å². The van der Waals surface area contributed by atoms with E-state index in [1.807, 2.05) is 30.3 Å². The van der Waals surface area contributed by atoms with E-state index in [1.54, 1.807) is 33.0 Å². The first-order valence-electron chi connectivity index (χ1n) is 6.71. The predicted octanol–water partition coefficient (Wildman–Crippen LogP) is 3.86. The SMILES string of the molecule is CC(C)(C)OC(=O)n1cc(C=C(C#N)C#N)c2ccccc21. The monoisotopic (exact) mass is 293 g/mol. The number of allylic oxidation sites excluding steroid dienone is 1. The number of ether oxygens (including phenoxy) is 1. The lowest BCUT2D eigenvalue weighted by Gasteiger charge is -2.19. The van der Waals surface area contributed by atoms with E-state index in [-0.39, 0.29) is 5.57 Å². The molecule has 1 heterocycles. The van der Waals surface area contributed by atoms with Crippen molar-refractivity contribution in [3.8, 4) is 12.1 Å². The first-order valence-corrected chi connectivity index (χ1v) is 6.71. The van der Waals surface area contributed by atoms with Crippen LogP contribution in [-0.2, 0) is 4.74 Å². The van der Waals surface area contributed by atoms with E-state index in [4.69, 9.17) is 15.3 Å². The maximum Gasteiger partial charge on any atom is 0.419 e. The molecule has 1 aromatic carbocycles. The van der Waals surface area contributed by atoms with Crippen LogP contribution in [0.1, 0.15) is 26.3 Å². The minimum atomic E-state index is -0.608. The maximum absolute atomic E-state index is 12.3. The summed E-state index contributed by atoms with van der Waals surface area (Å²) in [4.78, 5) is 12.3. The second kappa shape index (κ2) is 5.75. The first-order chi connectivity index (χ1) is 10.4. The summed E-state index contributed by atoms with van der Waals surface area (Å²) < 4.78 is 6.76. The van der Waals surface area contributed by atoms with E-state index in [1.165, 1.54) is 10.6 Å². The average molecular weight is 293 g/mol. The molecule has 0 aliphatic rings. The van der Waals surface area contributed by atoms with Crippen molar-refractivity contribution >= 4 is 23.1 Å². The molecule has 0 radical (unpaired) electrons. The van der Waals surface area contributed by atoms with Gasteiger partial charge in [-0.25, -0.2) is 4.79 Å². The van der Waals surface area contributed by atoms with Gasteiger partial charge in [-0.1, -0.05) is 18.2 Å². The molecular formula is C17H15N3O2. The van der Waals surface area contributed by atoms with E-state index < -0.39 is 11.7 Å². The van der Waals surface area contributed by atoms with Crippen molar-refractivity contribution in [1.82, 2.24) is 4.57 Å². The molecule has 110 valence electrons. The number of aromatic nitrogens is 1. The highest BCUT2D eigenvalue weighted by Crippen LogP contribution is 2.24. The molecular weight excluding hydrogens is 278 g/mol. The average Bonchev–Trinajstić information content (AvgIpc) is 2.82. The highest BCUT2D eigenvalue weighted by molar-refractivity contribution is 5.96. The van der Waals surface area contributed by atoms with Crippen LogP contribution in [-0.4, -0.2) is 16.3 Å². The zero-order valence-electron chi connectivity index (χ0n) is 12.6. The quantitative estimate of drug-likeness (QED) is 0.748. The summed E-state index contributed by atoms with van der Waals surface area (Å²) in [6, 6.07) is 10.9. The molecule has 0 atom stereocenters. The molecule has 0 aliphatic heterocycles. The van der Waals surface area contributed by atoms with Crippen LogP contribution >= 0.6 is 0 Å². The first kappa shape index (κ1) is 15.3. The molecule has 22 heavy (non-hydrogen) atoms. The topological polar surface area (TPSA) is 78.8 Å². The highest BCUT2D eigenvalue weighted by atomic mass is 16.6. The summed E-state index contributed by atoms with van der Waals surface area (Å²) >= 11 is 0. The Bertz CT molecular complexity index is 823. The van der Waals surface area contributed by atoms with Crippen LogP contribution in [0.2, 0.25) is 0 Å². The molecule has 2 aromatic rings.